The van der Waals surface area contributed by atoms with Crippen LogP contribution in [0.25, 0.3) is 0 Å². The molecule has 0 bridgehead atoms. The van der Waals surface area contributed by atoms with Gasteiger partial charge < -0.3 is 18.9 Å². The fourth-order valence-electron chi connectivity index (χ4n) is 2.49. The summed E-state index contributed by atoms with van der Waals surface area (Å²) in [6, 6.07) is 0. The highest BCUT2D eigenvalue weighted by Gasteiger charge is 2.34. The molecule has 114 valence electrons. The number of morpholine rings is 1. The number of methoxy groups -OCH3 is 1. The minimum atomic E-state index is -0.203. The van der Waals surface area contributed by atoms with Crippen LogP contribution in [0.1, 0.15) is 19.7 Å². The molecule has 1 aliphatic rings. The van der Waals surface area contributed by atoms with Gasteiger partial charge in [-0.1, -0.05) is 0 Å². The van der Waals surface area contributed by atoms with E-state index in [4.69, 9.17) is 14.0 Å². The third-order valence-corrected chi connectivity index (χ3v) is 3.12. The van der Waals surface area contributed by atoms with E-state index in [0.717, 1.165) is 13.1 Å². The standard InChI is InChI=1S/C13H24N4O3/c1-13(2)9-17(6-10(19-13)8-18-5)7-11-14-12(15-20-11)16(3)4/h10H,6-9H2,1-5H3/t10-/m1/s1. The Kier molecular flexibility index (Phi) is 4.62. The molecular weight excluding hydrogens is 260 g/mol. The van der Waals surface area contributed by atoms with Crippen LogP contribution in [0.5, 0.6) is 0 Å². The summed E-state index contributed by atoms with van der Waals surface area (Å²) in [6.07, 6.45) is 0.0694. The molecule has 1 fully saturated rings. The van der Waals surface area contributed by atoms with Crippen molar-refractivity contribution >= 4 is 5.95 Å². The molecule has 0 saturated carbocycles. The van der Waals surface area contributed by atoms with E-state index in [9.17, 15) is 0 Å². The average molecular weight is 284 g/mol. The number of hydrogen-bond acceptors (Lipinski definition) is 7. The van der Waals surface area contributed by atoms with Gasteiger partial charge in [0.15, 0.2) is 0 Å². The first-order valence-corrected chi connectivity index (χ1v) is 6.78. The lowest BCUT2D eigenvalue weighted by Gasteiger charge is -2.42. The Morgan fingerprint density at radius 2 is 2.20 bits per heavy atom. The highest BCUT2D eigenvalue weighted by Crippen LogP contribution is 2.22. The third-order valence-electron chi connectivity index (χ3n) is 3.12. The molecule has 0 aliphatic carbocycles. The molecule has 1 saturated heterocycles. The molecule has 2 heterocycles. The molecule has 1 aromatic heterocycles. The molecule has 0 aromatic carbocycles. The number of aromatic nitrogens is 2. The van der Waals surface area contributed by atoms with E-state index in [0.29, 0.717) is 25.0 Å². The maximum absolute atomic E-state index is 5.98. The minimum absolute atomic E-state index is 0.0694. The van der Waals surface area contributed by atoms with Crippen LogP contribution in [0.4, 0.5) is 5.95 Å². The largest absolute Gasteiger partial charge is 0.382 e. The normalized spacial score (nSPS) is 22.9. The second-order valence-corrected chi connectivity index (χ2v) is 6.01. The highest BCUT2D eigenvalue weighted by molar-refractivity contribution is 5.23. The molecule has 1 aliphatic heterocycles. The average Bonchev–Trinajstić information content (AvgIpc) is 2.75. The van der Waals surface area contributed by atoms with Crippen molar-refractivity contribution in [1.29, 1.82) is 0 Å². The van der Waals surface area contributed by atoms with E-state index in [1.165, 1.54) is 0 Å². The Hall–Kier alpha value is -1.18. The summed E-state index contributed by atoms with van der Waals surface area (Å²) < 4.78 is 16.5. The maximum Gasteiger partial charge on any atom is 0.265 e. The van der Waals surface area contributed by atoms with Crippen LogP contribution in [0, 0.1) is 0 Å². The molecule has 2 rings (SSSR count). The number of anilines is 1. The molecule has 20 heavy (non-hydrogen) atoms. The lowest BCUT2D eigenvalue weighted by molar-refractivity contribution is -0.155. The molecule has 0 spiro atoms. The zero-order chi connectivity index (χ0) is 14.8. The SMILES string of the molecule is COC[C@H]1CN(Cc2nc(N(C)C)no2)CC(C)(C)O1. The number of ether oxygens (including phenoxy) is 2. The predicted octanol–water partition coefficient (Wildman–Crippen LogP) is 0.761. The topological polar surface area (TPSA) is 63.9 Å². The van der Waals surface area contributed by atoms with Crippen molar-refractivity contribution in [2.45, 2.75) is 32.1 Å². The predicted molar refractivity (Wildman–Crippen MR) is 74.7 cm³/mol. The van der Waals surface area contributed by atoms with Gasteiger partial charge in [0.2, 0.25) is 5.89 Å². The second kappa shape index (κ2) is 6.07. The van der Waals surface area contributed by atoms with E-state index in [-0.39, 0.29) is 11.7 Å². The molecule has 1 aromatic rings. The molecule has 1 atom stereocenters. The van der Waals surface area contributed by atoms with Gasteiger partial charge in [-0.2, -0.15) is 4.98 Å². The van der Waals surface area contributed by atoms with Gasteiger partial charge in [0.05, 0.1) is 24.9 Å². The smallest absolute Gasteiger partial charge is 0.265 e. The van der Waals surface area contributed by atoms with Crippen molar-refractivity contribution in [3.63, 3.8) is 0 Å². The van der Waals surface area contributed by atoms with Crippen molar-refractivity contribution in [2.75, 3.05) is 45.8 Å². The molecule has 0 unspecified atom stereocenters. The Morgan fingerprint density at radius 1 is 1.45 bits per heavy atom. The van der Waals surface area contributed by atoms with Crippen LogP contribution >= 0.6 is 0 Å². The van der Waals surface area contributed by atoms with Crippen LogP contribution in [0.2, 0.25) is 0 Å². The molecule has 7 heteroatoms. The van der Waals surface area contributed by atoms with Crippen LogP contribution in [0.3, 0.4) is 0 Å². The van der Waals surface area contributed by atoms with Crippen molar-refractivity contribution in [1.82, 2.24) is 15.0 Å². The second-order valence-electron chi connectivity index (χ2n) is 6.01. The lowest BCUT2D eigenvalue weighted by Crippen LogP contribution is -2.53. The summed E-state index contributed by atoms with van der Waals surface area (Å²) in [4.78, 5) is 8.44. The van der Waals surface area contributed by atoms with Crippen LogP contribution in [-0.2, 0) is 16.0 Å². The van der Waals surface area contributed by atoms with E-state index < -0.39 is 0 Å². The van der Waals surface area contributed by atoms with Crippen LogP contribution in [0.15, 0.2) is 4.52 Å². The maximum atomic E-state index is 5.98. The molecule has 0 radical (unpaired) electrons. The van der Waals surface area contributed by atoms with Crippen molar-refractivity contribution < 1.29 is 14.0 Å². The van der Waals surface area contributed by atoms with Gasteiger partial charge in [0, 0.05) is 34.3 Å². The zero-order valence-corrected chi connectivity index (χ0v) is 12.9. The summed E-state index contributed by atoms with van der Waals surface area (Å²) in [6.45, 7) is 7.02. The van der Waals surface area contributed by atoms with Gasteiger partial charge in [0.1, 0.15) is 0 Å². The molecule has 0 N–H and O–H groups in total. The van der Waals surface area contributed by atoms with E-state index in [1.807, 2.05) is 19.0 Å². The van der Waals surface area contributed by atoms with Gasteiger partial charge >= 0.3 is 0 Å². The fourth-order valence-corrected chi connectivity index (χ4v) is 2.49. The summed E-state index contributed by atoms with van der Waals surface area (Å²) in [5.41, 5.74) is -0.203. The molecular formula is C13H24N4O3. The summed E-state index contributed by atoms with van der Waals surface area (Å²) in [7, 11) is 5.47. The number of rotatable bonds is 5. The van der Waals surface area contributed by atoms with Gasteiger partial charge in [-0.3, -0.25) is 4.90 Å². The van der Waals surface area contributed by atoms with Crippen LogP contribution in [-0.4, -0.2) is 67.6 Å². The van der Waals surface area contributed by atoms with E-state index in [2.05, 4.69) is 28.9 Å². The quantitative estimate of drug-likeness (QED) is 0.791. The Labute approximate surface area is 119 Å². The van der Waals surface area contributed by atoms with E-state index >= 15 is 0 Å². The Bertz CT molecular complexity index is 433. The monoisotopic (exact) mass is 284 g/mol. The molecule has 7 nitrogen and oxygen atoms in total. The molecule has 0 amide bonds. The number of hydrogen-bond donors (Lipinski definition) is 0. The lowest BCUT2D eigenvalue weighted by atomic mass is 10.1. The van der Waals surface area contributed by atoms with Gasteiger partial charge in [-0.25, -0.2) is 0 Å². The Morgan fingerprint density at radius 3 is 2.80 bits per heavy atom. The first-order valence-electron chi connectivity index (χ1n) is 6.78. The first kappa shape index (κ1) is 15.2. The van der Waals surface area contributed by atoms with Crippen molar-refractivity contribution in [2.24, 2.45) is 0 Å². The fraction of sp³-hybridized carbons (Fsp3) is 0.846. The van der Waals surface area contributed by atoms with Gasteiger partial charge in [-0.05, 0) is 19.0 Å². The van der Waals surface area contributed by atoms with Gasteiger partial charge in [0.25, 0.3) is 5.95 Å². The zero-order valence-electron chi connectivity index (χ0n) is 12.9. The van der Waals surface area contributed by atoms with Crippen molar-refractivity contribution in [3.05, 3.63) is 5.89 Å². The van der Waals surface area contributed by atoms with Crippen LogP contribution < -0.4 is 4.90 Å². The van der Waals surface area contributed by atoms with Gasteiger partial charge in [-0.15, -0.1) is 0 Å². The summed E-state index contributed by atoms with van der Waals surface area (Å²) in [5, 5.41) is 3.93. The first-order chi connectivity index (χ1) is 9.39. The highest BCUT2D eigenvalue weighted by atomic mass is 16.5. The number of nitrogens with zero attached hydrogens (tertiary/aromatic N) is 4. The third kappa shape index (κ3) is 3.91. The minimum Gasteiger partial charge on any atom is -0.382 e. The van der Waals surface area contributed by atoms with E-state index in [1.54, 1.807) is 7.11 Å². The van der Waals surface area contributed by atoms with Crippen molar-refractivity contribution in [3.8, 4) is 0 Å². The Balaban J connectivity index is 1.99. The summed E-state index contributed by atoms with van der Waals surface area (Å²) in [5.74, 6) is 1.23. The summed E-state index contributed by atoms with van der Waals surface area (Å²) >= 11 is 0.